The Balaban J connectivity index is 1.30. The van der Waals surface area contributed by atoms with Crippen LogP contribution in [0.4, 0.5) is 0 Å². The van der Waals surface area contributed by atoms with Crippen LogP contribution < -0.4 is 0 Å². The lowest BCUT2D eigenvalue weighted by molar-refractivity contribution is -0.132. The van der Waals surface area contributed by atoms with Gasteiger partial charge >= 0.3 is 0 Å². The van der Waals surface area contributed by atoms with E-state index in [0.717, 1.165) is 23.0 Å². The van der Waals surface area contributed by atoms with Gasteiger partial charge in [0.05, 0.1) is 11.4 Å². The van der Waals surface area contributed by atoms with E-state index in [2.05, 4.69) is 38.4 Å². The zero-order valence-corrected chi connectivity index (χ0v) is 19.7. The molecule has 7 nitrogen and oxygen atoms in total. The van der Waals surface area contributed by atoms with Crippen LogP contribution in [0.5, 0.6) is 0 Å². The average Bonchev–Trinajstić information content (AvgIpc) is 3.20. The van der Waals surface area contributed by atoms with Gasteiger partial charge in [0.1, 0.15) is 0 Å². The van der Waals surface area contributed by atoms with E-state index in [1.54, 1.807) is 9.58 Å². The van der Waals surface area contributed by atoms with Gasteiger partial charge in [-0.3, -0.25) is 9.59 Å². The number of benzene rings is 2. The molecule has 4 rings (SSSR count). The van der Waals surface area contributed by atoms with E-state index < -0.39 is 0 Å². The van der Waals surface area contributed by atoms with E-state index in [1.165, 1.54) is 5.56 Å². The molecule has 0 spiro atoms. The van der Waals surface area contributed by atoms with E-state index in [9.17, 15) is 9.59 Å². The van der Waals surface area contributed by atoms with Crippen molar-refractivity contribution in [1.29, 1.82) is 0 Å². The Morgan fingerprint density at radius 3 is 2.41 bits per heavy atom. The first-order chi connectivity index (χ1) is 15.5. The molecular weight excluding hydrogens is 470 g/mol. The number of hydrogen-bond acceptors (Lipinski definition) is 4. The quantitative estimate of drug-likeness (QED) is 0.523. The number of aryl methyl sites for hydroxylation is 1. The third-order valence-electron chi connectivity index (χ3n) is 5.77. The summed E-state index contributed by atoms with van der Waals surface area (Å²) < 4.78 is 2.60. The summed E-state index contributed by atoms with van der Waals surface area (Å²) in [5, 5.41) is 8.32. The molecule has 0 radical (unpaired) electrons. The molecule has 166 valence electrons. The van der Waals surface area contributed by atoms with E-state index in [0.29, 0.717) is 44.0 Å². The molecule has 1 fully saturated rings. The van der Waals surface area contributed by atoms with Crippen LogP contribution in [0.25, 0.3) is 5.69 Å². The van der Waals surface area contributed by atoms with Crippen LogP contribution in [0.2, 0.25) is 0 Å². The largest absolute Gasteiger partial charge is 0.339 e. The molecule has 0 bridgehead atoms. The minimum atomic E-state index is -0.139. The highest BCUT2D eigenvalue weighted by Crippen LogP contribution is 2.18. The SMILES string of the molecule is Cc1c(C(=O)N2CCN(C(=O)CCCc3ccccc3)CC2)nnn1-c1cccc(Br)c1. The zero-order valence-electron chi connectivity index (χ0n) is 18.1. The minimum Gasteiger partial charge on any atom is -0.339 e. The first-order valence-electron chi connectivity index (χ1n) is 10.8. The third-order valence-corrected chi connectivity index (χ3v) is 6.26. The number of piperazine rings is 1. The Labute approximate surface area is 196 Å². The summed E-state index contributed by atoms with van der Waals surface area (Å²) in [6.45, 7) is 3.96. The van der Waals surface area contributed by atoms with Crippen LogP contribution in [0, 0.1) is 6.92 Å². The van der Waals surface area contributed by atoms with Crippen LogP contribution in [0.15, 0.2) is 59.1 Å². The zero-order chi connectivity index (χ0) is 22.5. The van der Waals surface area contributed by atoms with Crippen molar-refractivity contribution < 1.29 is 9.59 Å². The van der Waals surface area contributed by atoms with E-state index in [-0.39, 0.29) is 11.8 Å². The second kappa shape index (κ2) is 10.1. The maximum absolute atomic E-state index is 13.0. The van der Waals surface area contributed by atoms with Crippen LogP contribution in [0.1, 0.15) is 34.6 Å². The molecule has 1 aliphatic rings. The first kappa shape index (κ1) is 22.2. The predicted molar refractivity (Wildman–Crippen MR) is 126 cm³/mol. The minimum absolute atomic E-state index is 0.139. The second-order valence-electron chi connectivity index (χ2n) is 7.93. The van der Waals surface area contributed by atoms with E-state index in [1.807, 2.05) is 54.3 Å². The fourth-order valence-electron chi connectivity index (χ4n) is 3.94. The van der Waals surface area contributed by atoms with Gasteiger partial charge in [0.15, 0.2) is 5.69 Å². The molecule has 32 heavy (non-hydrogen) atoms. The van der Waals surface area contributed by atoms with Crippen molar-refractivity contribution in [3.05, 3.63) is 76.0 Å². The van der Waals surface area contributed by atoms with Gasteiger partial charge in [0.25, 0.3) is 5.91 Å². The molecule has 0 saturated carbocycles. The molecule has 2 amide bonds. The van der Waals surface area contributed by atoms with Gasteiger partial charge < -0.3 is 9.80 Å². The molecule has 1 aliphatic heterocycles. The lowest BCUT2D eigenvalue weighted by atomic mass is 10.1. The fraction of sp³-hybridized carbons (Fsp3) is 0.333. The van der Waals surface area contributed by atoms with Gasteiger partial charge in [-0.15, -0.1) is 5.10 Å². The van der Waals surface area contributed by atoms with Gasteiger partial charge in [-0.05, 0) is 43.5 Å². The van der Waals surface area contributed by atoms with Gasteiger partial charge in [-0.25, -0.2) is 4.68 Å². The van der Waals surface area contributed by atoms with Crippen molar-refractivity contribution in [2.75, 3.05) is 26.2 Å². The van der Waals surface area contributed by atoms with Crippen LogP contribution >= 0.6 is 15.9 Å². The van der Waals surface area contributed by atoms with Gasteiger partial charge in [0.2, 0.25) is 5.91 Å². The van der Waals surface area contributed by atoms with Crippen LogP contribution in [-0.4, -0.2) is 62.8 Å². The van der Waals surface area contributed by atoms with E-state index in [4.69, 9.17) is 0 Å². The summed E-state index contributed by atoms with van der Waals surface area (Å²) in [5.74, 6) is 0.0183. The molecule has 0 N–H and O–H groups in total. The highest BCUT2D eigenvalue weighted by atomic mass is 79.9. The van der Waals surface area contributed by atoms with Crippen molar-refractivity contribution in [3.63, 3.8) is 0 Å². The molecule has 8 heteroatoms. The summed E-state index contributed by atoms with van der Waals surface area (Å²) >= 11 is 3.46. The summed E-state index contributed by atoms with van der Waals surface area (Å²) in [4.78, 5) is 29.2. The van der Waals surface area contributed by atoms with Crippen molar-refractivity contribution in [3.8, 4) is 5.69 Å². The Kier molecular flexibility index (Phi) is 6.99. The summed E-state index contributed by atoms with van der Waals surface area (Å²) in [5.41, 5.74) is 3.15. The summed E-state index contributed by atoms with van der Waals surface area (Å²) in [7, 11) is 0. The molecule has 0 aliphatic carbocycles. The molecular formula is C24H26BrN5O2. The maximum Gasteiger partial charge on any atom is 0.276 e. The van der Waals surface area contributed by atoms with Gasteiger partial charge in [-0.2, -0.15) is 0 Å². The second-order valence-corrected chi connectivity index (χ2v) is 8.84. The number of halogens is 1. The highest BCUT2D eigenvalue weighted by molar-refractivity contribution is 9.10. The third kappa shape index (κ3) is 5.07. The normalized spacial score (nSPS) is 13.9. The Morgan fingerprint density at radius 1 is 0.969 bits per heavy atom. The Morgan fingerprint density at radius 2 is 1.69 bits per heavy atom. The lowest BCUT2D eigenvalue weighted by Crippen LogP contribution is -2.50. The molecule has 0 unspecified atom stereocenters. The van der Waals surface area contributed by atoms with Crippen LogP contribution in [0.3, 0.4) is 0 Å². The van der Waals surface area contributed by atoms with Gasteiger partial charge in [0, 0.05) is 37.1 Å². The standard InChI is InChI=1S/C24H26BrN5O2/c1-18-23(26-27-30(18)21-11-6-10-20(25)17-21)24(32)29-15-13-28(14-16-29)22(31)12-5-9-19-7-3-2-4-8-19/h2-4,6-8,10-11,17H,5,9,12-16H2,1H3. The molecule has 3 aromatic rings. The molecule has 2 aromatic carbocycles. The van der Waals surface area contributed by atoms with E-state index >= 15 is 0 Å². The molecule has 1 aromatic heterocycles. The number of rotatable bonds is 6. The monoisotopic (exact) mass is 495 g/mol. The smallest absolute Gasteiger partial charge is 0.276 e. The summed E-state index contributed by atoms with van der Waals surface area (Å²) in [6.07, 6.45) is 2.26. The highest BCUT2D eigenvalue weighted by Gasteiger charge is 2.28. The van der Waals surface area contributed by atoms with Crippen molar-refractivity contribution in [2.24, 2.45) is 0 Å². The number of aromatic nitrogens is 3. The Hall–Kier alpha value is -3.00. The predicted octanol–water partition coefficient (Wildman–Crippen LogP) is 3.65. The number of carbonyl (C=O) groups excluding carboxylic acids is 2. The molecule has 0 atom stereocenters. The lowest BCUT2D eigenvalue weighted by Gasteiger charge is -2.34. The van der Waals surface area contributed by atoms with Crippen molar-refractivity contribution in [2.45, 2.75) is 26.2 Å². The van der Waals surface area contributed by atoms with Crippen molar-refractivity contribution >= 4 is 27.7 Å². The van der Waals surface area contributed by atoms with Gasteiger partial charge in [-0.1, -0.05) is 57.5 Å². The topological polar surface area (TPSA) is 71.3 Å². The Bertz CT molecular complexity index is 1090. The average molecular weight is 496 g/mol. The number of hydrogen-bond donors (Lipinski definition) is 0. The maximum atomic E-state index is 13.0. The molecule has 1 saturated heterocycles. The summed E-state index contributed by atoms with van der Waals surface area (Å²) in [6, 6.07) is 17.9. The number of nitrogens with zero attached hydrogens (tertiary/aromatic N) is 5. The fourth-order valence-corrected chi connectivity index (χ4v) is 4.32. The number of amides is 2. The van der Waals surface area contributed by atoms with Crippen molar-refractivity contribution in [1.82, 2.24) is 24.8 Å². The first-order valence-corrected chi connectivity index (χ1v) is 11.6. The van der Waals surface area contributed by atoms with Crippen LogP contribution in [-0.2, 0) is 11.2 Å². The molecule has 2 heterocycles. The number of carbonyl (C=O) groups is 2.